The summed E-state index contributed by atoms with van der Waals surface area (Å²) in [6.07, 6.45) is 5.85. The number of hydrogen-bond acceptors (Lipinski definition) is 6. The van der Waals surface area contributed by atoms with Gasteiger partial charge in [-0.15, -0.1) is 0 Å². The highest BCUT2D eigenvalue weighted by atomic mass is 16.5. The van der Waals surface area contributed by atoms with Gasteiger partial charge in [0.1, 0.15) is 11.8 Å². The number of fused-ring (bicyclic) bond motifs is 2. The molecule has 0 spiro atoms. The molecule has 0 saturated heterocycles. The highest BCUT2D eigenvalue weighted by Gasteiger charge is 2.26. The van der Waals surface area contributed by atoms with Crippen molar-refractivity contribution in [2.75, 3.05) is 12.4 Å². The quantitative estimate of drug-likeness (QED) is 0.597. The summed E-state index contributed by atoms with van der Waals surface area (Å²) in [4.78, 5) is 17.8. The summed E-state index contributed by atoms with van der Waals surface area (Å²) in [7, 11) is 1.63. The SMILES string of the molecule is COc1cc(CNc2ncnc3c2ncn3C2CC2)c2ccccc2n1. The largest absolute Gasteiger partial charge is 0.481 e. The van der Waals surface area contributed by atoms with E-state index in [1.807, 2.05) is 30.6 Å². The molecule has 3 aromatic heterocycles. The Kier molecular flexibility index (Phi) is 3.44. The second-order valence-electron chi connectivity index (χ2n) is 6.47. The summed E-state index contributed by atoms with van der Waals surface area (Å²) in [6, 6.07) is 10.5. The third kappa shape index (κ3) is 2.52. The summed E-state index contributed by atoms with van der Waals surface area (Å²) in [5.74, 6) is 1.35. The number of nitrogens with zero attached hydrogens (tertiary/aromatic N) is 5. The zero-order valence-corrected chi connectivity index (χ0v) is 14.4. The molecular weight excluding hydrogens is 328 g/mol. The Hall–Kier alpha value is -3.22. The van der Waals surface area contributed by atoms with E-state index in [4.69, 9.17) is 4.74 Å². The van der Waals surface area contributed by atoms with E-state index < -0.39 is 0 Å². The third-order valence-corrected chi connectivity index (χ3v) is 4.73. The Morgan fingerprint density at radius 1 is 1.19 bits per heavy atom. The first-order valence-electron chi connectivity index (χ1n) is 8.67. The maximum absolute atomic E-state index is 5.34. The monoisotopic (exact) mass is 346 g/mol. The molecule has 26 heavy (non-hydrogen) atoms. The molecular formula is C19H18N6O. The molecule has 0 atom stereocenters. The topological polar surface area (TPSA) is 77.8 Å². The normalized spacial score (nSPS) is 14.0. The van der Waals surface area contributed by atoms with Crippen LogP contribution in [-0.2, 0) is 6.54 Å². The summed E-state index contributed by atoms with van der Waals surface area (Å²) < 4.78 is 7.49. The zero-order valence-electron chi connectivity index (χ0n) is 14.4. The van der Waals surface area contributed by atoms with E-state index in [-0.39, 0.29) is 0 Å². The van der Waals surface area contributed by atoms with Crippen molar-refractivity contribution in [1.82, 2.24) is 24.5 Å². The molecule has 7 nitrogen and oxygen atoms in total. The molecule has 0 aliphatic heterocycles. The highest BCUT2D eigenvalue weighted by molar-refractivity contribution is 5.85. The average molecular weight is 346 g/mol. The van der Waals surface area contributed by atoms with Crippen molar-refractivity contribution in [2.45, 2.75) is 25.4 Å². The minimum Gasteiger partial charge on any atom is -0.481 e. The number of anilines is 1. The van der Waals surface area contributed by atoms with Crippen LogP contribution >= 0.6 is 0 Å². The lowest BCUT2D eigenvalue weighted by molar-refractivity contribution is 0.399. The van der Waals surface area contributed by atoms with Crippen LogP contribution in [0, 0.1) is 0 Å². The van der Waals surface area contributed by atoms with Gasteiger partial charge in [-0.3, -0.25) is 0 Å². The van der Waals surface area contributed by atoms with Gasteiger partial charge < -0.3 is 14.6 Å². The first-order chi connectivity index (χ1) is 12.8. The van der Waals surface area contributed by atoms with Gasteiger partial charge in [-0.25, -0.2) is 19.9 Å². The number of para-hydroxylation sites is 1. The Morgan fingerprint density at radius 3 is 2.92 bits per heavy atom. The van der Waals surface area contributed by atoms with Gasteiger partial charge in [0.25, 0.3) is 0 Å². The Labute approximate surface area is 150 Å². The fraction of sp³-hybridized carbons (Fsp3) is 0.263. The van der Waals surface area contributed by atoms with E-state index in [0.717, 1.165) is 33.4 Å². The van der Waals surface area contributed by atoms with E-state index in [2.05, 4.69) is 35.9 Å². The van der Waals surface area contributed by atoms with Crippen LogP contribution in [0.15, 0.2) is 43.0 Å². The predicted molar refractivity (Wildman–Crippen MR) is 99.2 cm³/mol. The third-order valence-electron chi connectivity index (χ3n) is 4.73. The van der Waals surface area contributed by atoms with E-state index >= 15 is 0 Å². The minimum absolute atomic E-state index is 0.538. The maximum atomic E-state index is 5.34. The van der Waals surface area contributed by atoms with Gasteiger partial charge in [0.15, 0.2) is 11.5 Å². The fourth-order valence-electron chi connectivity index (χ4n) is 3.25. The van der Waals surface area contributed by atoms with Gasteiger partial charge in [-0.1, -0.05) is 18.2 Å². The van der Waals surface area contributed by atoms with Crippen LogP contribution in [0.4, 0.5) is 5.82 Å². The molecule has 7 heteroatoms. The van der Waals surface area contributed by atoms with Gasteiger partial charge in [-0.05, 0) is 24.5 Å². The molecule has 1 fully saturated rings. The molecule has 1 N–H and O–H groups in total. The van der Waals surface area contributed by atoms with Crippen LogP contribution in [0.25, 0.3) is 22.1 Å². The lowest BCUT2D eigenvalue weighted by Gasteiger charge is -2.11. The van der Waals surface area contributed by atoms with Crippen molar-refractivity contribution in [3.8, 4) is 5.88 Å². The maximum Gasteiger partial charge on any atom is 0.213 e. The van der Waals surface area contributed by atoms with Crippen molar-refractivity contribution in [3.63, 3.8) is 0 Å². The summed E-state index contributed by atoms with van der Waals surface area (Å²) >= 11 is 0. The second kappa shape index (κ2) is 5.94. The van der Waals surface area contributed by atoms with Gasteiger partial charge >= 0.3 is 0 Å². The van der Waals surface area contributed by atoms with Crippen LogP contribution in [0.3, 0.4) is 0 Å². The Bertz CT molecular complexity index is 1100. The fourth-order valence-corrected chi connectivity index (χ4v) is 3.25. The smallest absolute Gasteiger partial charge is 0.213 e. The number of nitrogens with one attached hydrogen (secondary N) is 1. The molecule has 0 radical (unpaired) electrons. The highest BCUT2D eigenvalue weighted by Crippen LogP contribution is 2.37. The molecule has 1 aliphatic rings. The average Bonchev–Trinajstić information content (AvgIpc) is 3.44. The molecule has 0 amide bonds. The number of aromatic nitrogens is 5. The van der Waals surface area contributed by atoms with Crippen LogP contribution < -0.4 is 10.1 Å². The van der Waals surface area contributed by atoms with Crippen LogP contribution in [0.2, 0.25) is 0 Å². The Morgan fingerprint density at radius 2 is 2.08 bits per heavy atom. The molecule has 130 valence electrons. The summed E-state index contributed by atoms with van der Waals surface area (Å²) in [5.41, 5.74) is 3.71. The van der Waals surface area contributed by atoms with Gasteiger partial charge in [0, 0.05) is 24.0 Å². The van der Waals surface area contributed by atoms with Crippen LogP contribution in [0.1, 0.15) is 24.4 Å². The zero-order chi connectivity index (χ0) is 17.5. The molecule has 1 saturated carbocycles. The number of methoxy groups -OCH3 is 1. The van der Waals surface area contributed by atoms with E-state index in [9.17, 15) is 0 Å². The first-order valence-corrected chi connectivity index (χ1v) is 8.67. The number of ether oxygens (including phenoxy) is 1. The second-order valence-corrected chi connectivity index (χ2v) is 6.47. The molecule has 0 bridgehead atoms. The number of hydrogen-bond donors (Lipinski definition) is 1. The van der Waals surface area contributed by atoms with Crippen molar-refractivity contribution in [2.24, 2.45) is 0 Å². The van der Waals surface area contributed by atoms with Crippen molar-refractivity contribution >= 4 is 27.9 Å². The lowest BCUT2D eigenvalue weighted by atomic mass is 10.1. The minimum atomic E-state index is 0.538. The van der Waals surface area contributed by atoms with Crippen LogP contribution in [-0.4, -0.2) is 31.6 Å². The number of pyridine rings is 1. The van der Waals surface area contributed by atoms with Crippen molar-refractivity contribution in [1.29, 1.82) is 0 Å². The molecule has 1 aromatic carbocycles. The van der Waals surface area contributed by atoms with Gasteiger partial charge in [0.2, 0.25) is 5.88 Å². The molecule has 3 heterocycles. The van der Waals surface area contributed by atoms with Crippen molar-refractivity contribution in [3.05, 3.63) is 48.5 Å². The Balaban J connectivity index is 1.50. The molecule has 0 unspecified atom stereocenters. The van der Waals surface area contributed by atoms with E-state index in [1.165, 1.54) is 12.8 Å². The molecule has 5 rings (SSSR count). The lowest BCUT2D eigenvalue weighted by Crippen LogP contribution is -2.05. The standard InChI is InChI=1S/C19H18N6O/c1-26-16-8-12(14-4-2-3-5-15(14)24-16)9-20-18-17-19(22-10-21-18)25(11-23-17)13-6-7-13/h2-5,8,10-11,13H,6-7,9H2,1H3,(H,20,21,22). The van der Waals surface area contributed by atoms with Crippen molar-refractivity contribution < 1.29 is 4.74 Å². The van der Waals surface area contributed by atoms with Gasteiger partial charge in [0.05, 0.1) is 19.0 Å². The summed E-state index contributed by atoms with van der Waals surface area (Å²) in [5, 5.41) is 4.50. The first kappa shape index (κ1) is 15.1. The van der Waals surface area contributed by atoms with E-state index in [0.29, 0.717) is 18.5 Å². The molecule has 1 aliphatic carbocycles. The number of benzene rings is 1. The van der Waals surface area contributed by atoms with Gasteiger partial charge in [-0.2, -0.15) is 0 Å². The number of imidazole rings is 1. The van der Waals surface area contributed by atoms with E-state index in [1.54, 1.807) is 13.4 Å². The summed E-state index contributed by atoms with van der Waals surface area (Å²) in [6.45, 7) is 0.599. The predicted octanol–water partition coefficient (Wildman–Crippen LogP) is 3.33. The van der Waals surface area contributed by atoms with Crippen LogP contribution in [0.5, 0.6) is 5.88 Å². The molecule has 4 aromatic rings. The number of rotatable bonds is 5.